The zero-order valence-electron chi connectivity index (χ0n) is 7.30. The Hall–Kier alpha value is -0.780. The van der Waals surface area contributed by atoms with E-state index in [9.17, 15) is 13.2 Å². The van der Waals surface area contributed by atoms with Crippen LogP contribution in [0.4, 0.5) is 13.2 Å². The first-order chi connectivity index (χ1) is 5.91. The summed E-state index contributed by atoms with van der Waals surface area (Å²) in [6.45, 7) is 1.25. The van der Waals surface area contributed by atoms with E-state index in [4.69, 9.17) is 5.73 Å². The van der Waals surface area contributed by atoms with E-state index >= 15 is 0 Å². The van der Waals surface area contributed by atoms with Gasteiger partial charge in [0.1, 0.15) is 11.9 Å². The number of hydrogen-bond acceptors (Lipinski definition) is 3. The third-order valence-electron chi connectivity index (χ3n) is 1.99. The molecule has 0 saturated carbocycles. The van der Waals surface area contributed by atoms with Gasteiger partial charge in [-0.3, -0.25) is 4.99 Å². The largest absolute Gasteiger partial charge is 0.404 e. The smallest absolute Gasteiger partial charge is 0.362 e. The van der Waals surface area contributed by atoms with Crippen molar-refractivity contribution in [3.8, 4) is 0 Å². The zero-order valence-corrected chi connectivity index (χ0v) is 7.30. The maximum Gasteiger partial charge on any atom is 0.404 e. The van der Waals surface area contributed by atoms with Crippen LogP contribution in [0.5, 0.6) is 0 Å². The molecule has 2 N–H and O–H groups in total. The molecular weight excluding hydrogens is 183 g/mol. The number of hydrogen-bond donors (Lipinski definition) is 1. The Kier molecular flexibility index (Phi) is 2.80. The highest BCUT2D eigenvalue weighted by Crippen LogP contribution is 2.21. The highest BCUT2D eigenvalue weighted by atomic mass is 19.4. The standard InChI is InChI=1S/C7H12F3N3/c1-13-3-2-12-6(13)4-5(11)7(8,9)10/h5H,2-4,11H2,1H3. The van der Waals surface area contributed by atoms with Gasteiger partial charge >= 0.3 is 6.18 Å². The first kappa shape index (κ1) is 10.3. The average Bonchev–Trinajstić information content (AvgIpc) is 2.34. The first-order valence-electron chi connectivity index (χ1n) is 3.98. The molecule has 1 aliphatic heterocycles. The van der Waals surface area contributed by atoms with E-state index in [2.05, 4.69) is 4.99 Å². The fourth-order valence-electron chi connectivity index (χ4n) is 1.11. The second kappa shape index (κ2) is 3.53. The summed E-state index contributed by atoms with van der Waals surface area (Å²) in [4.78, 5) is 5.63. The fraction of sp³-hybridized carbons (Fsp3) is 0.857. The highest BCUT2D eigenvalue weighted by molar-refractivity contribution is 5.84. The summed E-state index contributed by atoms with van der Waals surface area (Å²) in [5, 5.41) is 0. The van der Waals surface area contributed by atoms with Gasteiger partial charge in [-0.2, -0.15) is 13.2 Å². The van der Waals surface area contributed by atoms with Crippen molar-refractivity contribution in [2.75, 3.05) is 20.1 Å². The van der Waals surface area contributed by atoms with Gasteiger partial charge in [-0.05, 0) is 0 Å². The Morgan fingerprint density at radius 3 is 2.62 bits per heavy atom. The second-order valence-corrected chi connectivity index (χ2v) is 3.07. The van der Waals surface area contributed by atoms with Crippen LogP contribution in [0.25, 0.3) is 0 Å². The monoisotopic (exact) mass is 195 g/mol. The van der Waals surface area contributed by atoms with Gasteiger partial charge in [0.25, 0.3) is 0 Å². The summed E-state index contributed by atoms with van der Waals surface area (Å²) >= 11 is 0. The molecular formula is C7H12F3N3. The minimum absolute atomic E-state index is 0.222. The maximum absolute atomic E-state index is 12.0. The Morgan fingerprint density at radius 1 is 1.62 bits per heavy atom. The van der Waals surface area contributed by atoms with Gasteiger partial charge in [0.05, 0.1) is 6.54 Å². The molecule has 0 aromatic rings. The Morgan fingerprint density at radius 2 is 2.23 bits per heavy atom. The van der Waals surface area contributed by atoms with Gasteiger partial charge in [-0.15, -0.1) is 0 Å². The van der Waals surface area contributed by atoms with E-state index in [1.165, 1.54) is 0 Å². The molecule has 0 fully saturated rings. The van der Waals surface area contributed by atoms with Crippen molar-refractivity contribution in [2.24, 2.45) is 10.7 Å². The molecule has 0 amide bonds. The lowest BCUT2D eigenvalue weighted by molar-refractivity contribution is -0.146. The average molecular weight is 195 g/mol. The van der Waals surface area contributed by atoms with Crippen LogP contribution in [0.1, 0.15) is 6.42 Å². The molecule has 1 rings (SSSR count). The number of aliphatic imine (C=N–C) groups is 1. The van der Waals surface area contributed by atoms with Crippen LogP contribution in [0, 0.1) is 0 Å². The number of likely N-dealkylation sites (N-methyl/N-ethyl adjacent to an activating group) is 1. The molecule has 0 aliphatic carbocycles. The number of rotatable bonds is 2. The summed E-state index contributed by atoms with van der Waals surface area (Å²) in [6.07, 6.45) is -4.55. The van der Waals surface area contributed by atoms with Crippen molar-refractivity contribution < 1.29 is 13.2 Å². The summed E-state index contributed by atoms with van der Waals surface area (Å²) in [7, 11) is 1.72. The van der Waals surface area contributed by atoms with Crippen LogP contribution in [-0.2, 0) is 0 Å². The molecule has 6 heteroatoms. The number of alkyl halides is 3. The van der Waals surface area contributed by atoms with Crippen molar-refractivity contribution in [1.82, 2.24) is 4.90 Å². The Labute approximate surface area is 74.4 Å². The molecule has 1 unspecified atom stereocenters. The molecule has 0 aromatic heterocycles. The van der Waals surface area contributed by atoms with Crippen molar-refractivity contribution >= 4 is 5.84 Å². The Balaban J connectivity index is 2.49. The molecule has 3 nitrogen and oxygen atoms in total. The molecule has 0 saturated heterocycles. The van der Waals surface area contributed by atoms with Gasteiger partial charge in [0.15, 0.2) is 0 Å². The predicted octanol–water partition coefficient (Wildman–Crippen LogP) is 0.610. The molecule has 0 spiro atoms. The van der Waals surface area contributed by atoms with Crippen LogP contribution < -0.4 is 5.73 Å². The number of halogens is 3. The molecule has 0 radical (unpaired) electrons. The van der Waals surface area contributed by atoms with Crippen molar-refractivity contribution in [2.45, 2.75) is 18.6 Å². The number of amidine groups is 1. The predicted molar refractivity (Wildman–Crippen MR) is 43.6 cm³/mol. The van der Waals surface area contributed by atoms with Crippen molar-refractivity contribution in [3.63, 3.8) is 0 Å². The van der Waals surface area contributed by atoms with Gasteiger partial charge in [0.2, 0.25) is 0 Å². The second-order valence-electron chi connectivity index (χ2n) is 3.07. The molecule has 0 bridgehead atoms. The molecule has 1 heterocycles. The molecule has 1 atom stereocenters. The van der Waals surface area contributed by atoms with E-state index in [1.54, 1.807) is 11.9 Å². The van der Waals surface area contributed by atoms with E-state index in [0.29, 0.717) is 18.9 Å². The molecule has 1 aliphatic rings. The zero-order chi connectivity index (χ0) is 10.1. The van der Waals surface area contributed by atoms with E-state index in [-0.39, 0.29) is 6.42 Å². The van der Waals surface area contributed by atoms with Crippen LogP contribution in [0.3, 0.4) is 0 Å². The lowest BCUT2D eigenvalue weighted by atomic mass is 10.2. The summed E-state index contributed by atoms with van der Waals surface area (Å²) in [6, 6.07) is -1.80. The molecule has 0 aromatic carbocycles. The maximum atomic E-state index is 12.0. The van der Waals surface area contributed by atoms with Crippen LogP contribution in [0.2, 0.25) is 0 Å². The van der Waals surface area contributed by atoms with E-state index in [1.807, 2.05) is 0 Å². The number of nitrogens with zero attached hydrogens (tertiary/aromatic N) is 2. The lowest BCUT2D eigenvalue weighted by Gasteiger charge is -2.19. The summed E-state index contributed by atoms with van der Waals surface area (Å²) in [5.74, 6) is 0.449. The normalized spacial score (nSPS) is 20.4. The minimum Gasteiger partial charge on any atom is -0.362 e. The first-order valence-corrected chi connectivity index (χ1v) is 3.98. The van der Waals surface area contributed by atoms with Gasteiger partial charge in [-0.1, -0.05) is 0 Å². The SMILES string of the molecule is CN1CCN=C1CC(N)C(F)(F)F. The Bertz CT molecular complexity index is 212. The quantitative estimate of drug-likeness (QED) is 0.701. The summed E-state index contributed by atoms with van der Waals surface area (Å²) in [5.41, 5.74) is 4.96. The van der Waals surface area contributed by atoms with Crippen molar-refractivity contribution in [3.05, 3.63) is 0 Å². The summed E-state index contributed by atoms with van der Waals surface area (Å²) < 4.78 is 36.1. The molecule has 76 valence electrons. The topological polar surface area (TPSA) is 41.6 Å². The third kappa shape index (κ3) is 2.58. The lowest BCUT2D eigenvalue weighted by Crippen LogP contribution is -2.41. The van der Waals surface area contributed by atoms with Gasteiger partial charge in [0, 0.05) is 20.0 Å². The van der Waals surface area contributed by atoms with E-state index < -0.39 is 12.2 Å². The minimum atomic E-state index is -4.33. The van der Waals surface area contributed by atoms with Crippen LogP contribution in [0.15, 0.2) is 4.99 Å². The number of nitrogens with two attached hydrogens (primary N) is 1. The van der Waals surface area contributed by atoms with E-state index in [0.717, 1.165) is 0 Å². The fourth-order valence-corrected chi connectivity index (χ4v) is 1.11. The van der Waals surface area contributed by atoms with Crippen LogP contribution >= 0.6 is 0 Å². The third-order valence-corrected chi connectivity index (χ3v) is 1.99. The molecule has 13 heavy (non-hydrogen) atoms. The highest BCUT2D eigenvalue weighted by Gasteiger charge is 2.38. The van der Waals surface area contributed by atoms with Gasteiger partial charge < -0.3 is 10.6 Å². The van der Waals surface area contributed by atoms with Gasteiger partial charge in [-0.25, -0.2) is 0 Å². The van der Waals surface area contributed by atoms with Crippen molar-refractivity contribution in [1.29, 1.82) is 0 Å². The van der Waals surface area contributed by atoms with Crippen LogP contribution in [-0.4, -0.2) is 43.1 Å².